The molecule has 3 nitrogen and oxygen atoms in total. The molecular formula is C9H11NO2. The molecule has 0 spiro atoms. The lowest BCUT2D eigenvalue weighted by Gasteiger charge is -2.05. The molecule has 1 aromatic carbocycles. The van der Waals surface area contributed by atoms with Crippen molar-refractivity contribution >= 4 is 6.21 Å². The number of rotatable bonds is 2. The first kappa shape index (κ1) is 8.59. The Balaban J connectivity index is 3.13. The van der Waals surface area contributed by atoms with E-state index in [1.165, 1.54) is 6.21 Å². The molecule has 0 heterocycles. The topological polar surface area (TPSA) is 41.8 Å². The van der Waals surface area contributed by atoms with Crippen molar-refractivity contribution in [1.82, 2.24) is 0 Å². The van der Waals surface area contributed by atoms with E-state index in [2.05, 4.69) is 5.16 Å². The van der Waals surface area contributed by atoms with Crippen LogP contribution in [0.5, 0.6) is 5.75 Å². The third-order valence-electron chi connectivity index (χ3n) is 1.74. The zero-order valence-electron chi connectivity index (χ0n) is 7.11. The van der Waals surface area contributed by atoms with Crippen LogP contribution in [-0.4, -0.2) is 18.5 Å². The summed E-state index contributed by atoms with van der Waals surface area (Å²) >= 11 is 0. The number of oxime groups is 1. The van der Waals surface area contributed by atoms with E-state index in [4.69, 9.17) is 9.94 Å². The van der Waals surface area contributed by atoms with Crippen molar-refractivity contribution in [3.8, 4) is 5.75 Å². The van der Waals surface area contributed by atoms with Gasteiger partial charge < -0.3 is 9.94 Å². The van der Waals surface area contributed by atoms with Crippen LogP contribution in [0.15, 0.2) is 23.4 Å². The number of benzene rings is 1. The lowest BCUT2D eigenvalue weighted by molar-refractivity contribution is 0.322. The zero-order chi connectivity index (χ0) is 8.97. The molecule has 3 heteroatoms. The monoisotopic (exact) mass is 165 g/mol. The van der Waals surface area contributed by atoms with Gasteiger partial charge in [-0.1, -0.05) is 17.3 Å². The van der Waals surface area contributed by atoms with Crippen LogP contribution in [0.2, 0.25) is 0 Å². The first-order valence-electron chi connectivity index (χ1n) is 3.60. The Labute approximate surface area is 71.3 Å². The van der Waals surface area contributed by atoms with E-state index in [1.54, 1.807) is 7.11 Å². The van der Waals surface area contributed by atoms with Gasteiger partial charge in [-0.2, -0.15) is 0 Å². The summed E-state index contributed by atoms with van der Waals surface area (Å²) in [6.45, 7) is 1.91. The number of nitrogens with zero attached hydrogens (tertiary/aromatic N) is 1. The molecule has 0 aliphatic carbocycles. The lowest BCUT2D eigenvalue weighted by Crippen LogP contribution is -1.92. The summed E-state index contributed by atoms with van der Waals surface area (Å²) in [6.07, 6.45) is 1.39. The molecule has 0 saturated heterocycles. The lowest BCUT2D eigenvalue weighted by atomic mass is 10.1. The highest BCUT2D eigenvalue weighted by Gasteiger charge is 2.00. The van der Waals surface area contributed by atoms with E-state index in [1.807, 2.05) is 25.1 Å². The van der Waals surface area contributed by atoms with Crippen molar-refractivity contribution in [2.45, 2.75) is 6.92 Å². The van der Waals surface area contributed by atoms with Gasteiger partial charge in [0, 0.05) is 5.56 Å². The maximum Gasteiger partial charge on any atom is 0.122 e. The largest absolute Gasteiger partial charge is 0.496 e. The standard InChI is InChI=1S/C9H11NO2/c1-7-8(6-10-11)4-3-5-9(7)12-2/h3-6,11H,1-2H3. The molecule has 0 radical (unpaired) electrons. The number of ether oxygens (including phenoxy) is 1. The van der Waals surface area contributed by atoms with Gasteiger partial charge in [-0.05, 0) is 18.6 Å². The van der Waals surface area contributed by atoms with Crippen LogP contribution in [-0.2, 0) is 0 Å². The summed E-state index contributed by atoms with van der Waals surface area (Å²) in [7, 11) is 1.61. The summed E-state index contributed by atoms with van der Waals surface area (Å²) in [5.41, 5.74) is 1.83. The van der Waals surface area contributed by atoms with Crippen molar-refractivity contribution in [3.05, 3.63) is 29.3 Å². The molecule has 0 amide bonds. The van der Waals surface area contributed by atoms with Crippen LogP contribution in [0.3, 0.4) is 0 Å². The Morgan fingerprint density at radius 2 is 2.25 bits per heavy atom. The highest BCUT2D eigenvalue weighted by molar-refractivity contribution is 5.82. The second-order valence-corrected chi connectivity index (χ2v) is 2.42. The minimum absolute atomic E-state index is 0.799. The summed E-state index contributed by atoms with van der Waals surface area (Å²) in [6, 6.07) is 5.57. The summed E-state index contributed by atoms with van der Waals surface area (Å²) in [5.74, 6) is 0.799. The fourth-order valence-electron chi connectivity index (χ4n) is 1.05. The van der Waals surface area contributed by atoms with Crippen LogP contribution in [0.25, 0.3) is 0 Å². The third-order valence-corrected chi connectivity index (χ3v) is 1.74. The minimum atomic E-state index is 0.799. The Bertz CT molecular complexity index is 295. The van der Waals surface area contributed by atoms with Crippen LogP contribution in [0.1, 0.15) is 11.1 Å². The predicted octanol–water partition coefficient (Wildman–Crippen LogP) is 1.81. The van der Waals surface area contributed by atoms with Crippen molar-refractivity contribution in [2.24, 2.45) is 5.16 Å². The highest BCUT2D eigenvalue weighted by Crippen LogP contribution is 2.19. The maximum absolute atomic E-state index is 8.34. The molecule has 0 unspecified atom stereocenters. The quantitative estimate of drug-likeness (QED) is 0.412. The Morgan fingerprint density at radius 1 is 1.50 bits per heavy atom. The van der Waals surface area contributed by atoms with E-state index >= 15 is 0 Å². The first-order valence-corrected chi connectivity index (χ1v) is 3.60. The van der Waals surface area contributed by atoms with Crippen molar-refractivity contribution < 1.29 is 9.94 Å². The molecule has 0 saturated carbocycles. The van der Waals surface area contributed by atoms with E-state index < -0.39 is 0 Å². The second-order valence-electron chi connectivity index (χ2n) is 2.42. The molecule has 0 fully saturated rings. The molecule has 1 aromatic rings. The molecule has 0 aliphatic rings. The molecule has 64 valence electrons. The van der Waals surface area contributed by atoms with Gasteiger partial charge in [0.15, 0.2) is 0 Å². The number of hydrogen-bond donors (Lipinski definition) is 1. The summed E-state index contributed by atoms with van der Waals surface area (Å²) < 4.78 is 5.09. The molecule has 0 aliphatic heterocycles. The molecule has 1 N–H and O–H groups in total. The van der Waals surface area contributed by atoms with Crippen LogP contribution in [0.4, 0.5) is 0 Å². The first-order chi connectivity index (χ1) is 5.79. The van der Waals surface area contributed by atoms with Crippen LogP contribution < -0.4 is 4.74 Å². The van der Waals surface area contributed by atoms with Crippen LogP contribution in [0, 0.1) is 6.92 Å². The fourth-order valence-corrected chi connectivity index (χ4v) is 1.05. The molecular weight excluding hydrogens is 154 g/mol. The number of methoxy groups -OCH3 is 1. The predicted molar refractivity (Wildman–Crippen MR) is 47.1 cm³/mol. The SMILES string of the molecule is COc1cccc(C=NO)c1C. The van der Waals surface area contributed by atoms with Crippen molar-refractivity contribution in [3.63, 3.8) is 0 Å². The van der Waals surface area contributed by atoms with Gasteiger partial charge in [-0.3, -0.25) is 0 Å². The van der Waals surface area contributed by atoms with Gasteiger partial charge in [-0.15, -0.1) is 0 Å². The van der Waals surface area contributed by atoms with Gasteiger partial charge >= 0.3 is 0 Å². The van der Waals surface area contributed by atoms with Crippen LogP contribution >= 0.6 is 0 Å². The zero-order valence-corrected chi connectivity index (χ0v) is 7.11. The second kappa shape index (κ2) is 3.76. The molecule has 0 aromatic heterocycles. The summed E-state index contributed by atoms with van der Waals surface area (Å²) in [5, 5.41) is 11.3. The summed E-state index contributed by atoms with van der Waals surface area (Å²) in [4.78, 5) is 0. The van der Waals surface area contributed by atoms with Crippen molar-refractivity contribution in [2.75, 3.05) is 7.11 Å². The molecule has 0 atom stereocenters. The van der Waals surface area contributed by atoms with E-state index in [-0.39, 0.29) is 0 Å². The van der Waals surface area contributed by atoms with Gasteiger partial charge in [0.05, 0.1) is 13.3 Å². The van der Waals surface area contributed by atoms with E-state index in [0.29, 0.717) is 0 Å². The van der Waals surface area contributed by atoms with Crippen molar-refractivity contribution in [1.29, 1.82) is 0 Å². The molecule has 1 rings (SSSR count). The van der Waals surface area contributed by atoms with Gasteiger partial charge in [0.2, 0.25) is 0 Å². The number of hydrogen-bond acceptors (Lipinski definition) is 3. The highest BCUT2D eigenvalue weighted by atomic mass is 16.5. The Morgan fingerprint density at radius 3 is 2.83 bits per heavy atom. The maximum atomic E-state index is 8.34. The minimum Gasteiger partial charge on any atom is -0.496 e. The van der Waals surface area contributed by atoms with Gasteiger partial charge in [0.1, 0.15) is 5.75 Å². The third kappa shape index (κ3) is 1.56. The fraction of sp³-hybridized carbons (Fsp3) is 0.222. The van der Waals surface area contributed by atoms with Gasteiger partial charge in [0.25, 0.3) is 0 Å². The van der Waals surface area contributed by atoms with Gasteiger partial charge in [-0.25, -0.2) is 0 Å². The molecule has 12 heavy (non-hydrogen) atoms. The average molecular weight is 165 g/mol. The average Bonchev–Trinajstić information content (AvgIpc) is 2.09. The smallest absolute Gasteiger partial charge is 0.122 e. The van der Waals surface area contributed by atoms with E-state index in [0.717, 1.165) is 16.9 Å². The Kier molecular flexibility index (Phi) is 2.69. The Hall–Kier alpha value is -1.51. The van der Waals surface area contributed by atoms with E-state index in [9.17, 15) is 0 Å². The normalized spacial score (nSPS) is 10.5. The molecule has 0 bridgehead atoms.